The Morgan fingerprint density at radius 3 is 2.35 bits per heavy atom. The van der Waals surface area contributed by atoms with Gasteiger partial charge in [0, 0.05) is 47.7 Å². The van der Waals surface area contributed by atoms with Crippen LogP contribution in [0.2, 0.25) is 0 Å². The number of fused-ring (bicyclic) bond motifs is 4. The molecule has 3 aromatic rings. The number of anilines is 1. The van der Waals surface area contributed by atoms with E-state index in [-0.39, 0.29) is 28.0 Å². The molecule has 0 unspecified atom stereocenters. The van der Waals surface area contributed by atoms with Gasteiger partial charge in [-0.05, 0) is 50.2 Å². The van der Waals surface area contributed by atoms with Gasteiger partial charge in [0.2, 0.25) is 0 Å². The van der Waals surface area contributed by atoms with E-state index in [0.717, 1.165) is 30.9 Å². The van der Waals surface area contributed by atoms with Crippen molar-refractivity contribution in [2.24, 2.45) is 0 Å². The molecule has 204 valence electrons. The van der Waals surface area contributed by atoms with Crippen molar-refractivity contribution in [3.8, 4) is 17.2 Å². The molecule has 1 aliphatic carbocycles. The Kier molecular flexibility index (Phi) is 6.55. The molecule has 0 amide bonds. The van der Waals surface area contributed by atoms with Crippen molar-refractivity contribution in [1.29, 1.82) is 0 Å². The summed E-state index contributed by atoms with van der Waals surface area (Å²) in [6.45, 7) is 5.62. The first-order valence-corrected chi connectivity index (χ1v) is 13.4. The summed E-state index contributed by atoms with van der Waals surface area (Å²) in [7, 11) is -4.81. The zero-order valence-electron chi connectivity index (χ0n) is 21.1. The molecule has 0 radical (unpaired) electrons. The predicted molar refractivity (Wildman–Crippen MR) is 146 cm³/mol. The van der Waals surface area contributed by atoms with Gasteiger partial charge in [-0.2, -0.15) is 8.42 Å². The Balaban J connectivity index is 1.62. The highest BCUT2D eigenvalue weighted by atomic mass is 32.2. The third kappa shape index (κ3) is 4.64. The molecule has 0 spiro atoms. The number of aromatic nitrogens is 1. The second-order valence-corrected chi connectivity index (χ2v) is 10.2. The van der Waals surface area contributed by atoms with Gasteiger partial charge in [0.1, 0.15) is 17.0 Å². The third-order valence-electron chi connectivity index (χ3n) is 6.36. The fourth-order valence-electron chi connectivity index (χ4n) is 4.42. The van der Waals surface area contributed by atoms with Gasteiger partial charge < -0.3 is 13.5 Å². The maximum Gasteiger partial charge on any atom is 0.346 e. The largest absolute Gasteiger partial charge is 0.453 e. The molecular formula is C26H20N4O9S. The number of nitro benzene ring substituents is 2. The van der Waals surface area contributed by atoms with Crippen LogP contribution in [-0.2, 0) is 10.1 Å². The highest BCUT2D eigenvalue weighted by Gasteiger charge is 2.30. The first-order chi connectivity index (χ1) is 19.0. The maximum absolute atomic E-state index is 13.0. The van der Waals surface area contributed by atoms with Crippen LogP contribution in [0, 0.1) is 20.2 Å². The highest BCUT2D eigenvalue weighted by Crippen LogP contribution is 2.35. The van der Waals surface area contributed by atoms with E-state index < -0.39 is 41.7 Å². The standard InChI is InChI=1S/C26H20N4O9S/c1-3-28(4-2)15-5-9-20-23(12-15)38-24-14-22(31)18-8-7-17(13-19(18)26(24)27-20)39-40(36,37)25-10-6-16(29(32)33)11-21(25)30(34)35/h5-14H,3-4H2,1-2H3. The van der Waals surface area contributed by atoms with Crippen molar-refractivity contribution >= 4 is 49.1 Å². The molecule has 40 heavy (non-hydrogen) atoms. The topological polar surface area (TPSA) is 176 Å². The number of hydrogen-bond acceptors (Lipinski definition) is 11. The van der Waals surface area contributed by atoms with Crippen LogP contribution in [0.1, 0.15) is 13.8 Å². The molecule has 2 aliphatic rings. The molecule has 14 heteroatoms. The molecule has 0 N–H and O–H groups in total. The Morgan fingerprint density at radius 2 is 1.68 bits per heavy atom. The summed E-state index contributed by atoms with van der Waals surface area (Å²) in [4.78, 5) is 39.3. The van der Waals surface area contributed by atoms with Crippen molar-refractivity contribution in [3.63, 3.8) is 0 Å². The molecule has 13 nitrogen and oxygen atoms in total. The lowest BCUT2D eigenvalue weighted by molar-refractivity contribution is -0.396. The smallest absolute Gasteiger partial charge is 0.346 e. The van der Waals surface area contributed by atoms with Gasteiger partial charge in [0.25, 0.3) is 11.4 Å². The van der Waals surface area contributed by atoms with Gasteiger partial charge in [-0.3, -0.25) is 25.0 Å². The molecule has 0 saturated heterocycles. The zero-order valence-corrected chi connectivity index (χ0v) is 21.9. The molecule has 1 heterocycles. The van der Waals surface area contributed by atoms with E-state index in [1.54, 1.807) is 6.07 Å². The van der Waals surface area contributed by atoms with Gasteiger partial charge in [-0.1, -0.05) is 0 Å². The predicted octanol–water partition coefficient (Wildman–Crippen LogP) is 4.88. The lowest BCUT2D eigenvalue weighted by atomic mass is 10.0. The quantitative estimate of drug-likeness (QED) is 0.0825. The van der Waals surface area contributed by atoms with Crippen LogP contribution in [0.15, 0.2) is 74.8 Å². The third-order valence-corrected chi connectivity index (χ3v) is 7.65. The van der Waals surface area contributed by atoms with Crippen LogP contribution < -0.4 is 14.5 Å². The molecule has 0 atom stereocenters. The van der Waals surface area contributed by atoms with Gasteiger partial charge in [0.05, 0.1) is 15.9 Å². The zero-order chi connectivity index (χ0) is 28.8. The van der Waals surface area contributed by atoms with Gasteiger partial charge in [0.15, 0.2) is 21.7 Å². The molecule has 3 aromatic carbocycles. The first-order valence-electron chi connectivity index (χ1n) is 12.0. The van der Waals surface area contributed by atoms with Crippen LogP contribution >= 0.6 is 0 Å². The Bertz CT molecular complexity index is 1970. The fraction of sp³-hybridized carbons (Fsp3) is 0.154. The minimum absolute atomic E-state index is 0.174. The molecule has 0 bridgehead atoms. The van der Waals surface area contributed by atoms with Crippen LogP contribution in [0.4, 0.5) is 17.1 Å². The van der Waals surface area contributed by atoms with Crippen molar-refractivity contribution in [1.82, 2.24) is 4.98 Å². The van der Waals surface area contributed by atoms with E-state index in [2.05, 4.69) is 9.88 Å². The minimum atomic E-state index is -4.81. The van der Waals surface area contributed by atoms with Gasteiger partial charge in [-0.25, -0.2) is 4.98 Å². The van der Waals surface area contributed by atoms with Crippen LogP contribution in [0.25, 0.3) is 33.3 Å². The fourth-order valence-corrected chi connectivity index (χ4v) is 5.49. The van der Waals surface area contributed by atoms with E-state index in [1.807, 2.05) is 26.0 Å². The SMILES string of the molecule is CCN(CC)c1ccc2nc3c4cc(OS(=O)(=O)c5ccc([N+](=O)[O-])cc5[N+](=O)[O-])ccc4c(=O)cc-3oc2c1. The number of non-ortho nitro benzene ring substituents is 1. The summed E-state index contributed by atoms with van der Waals surface area (Å²) in [5, 5.41) is 22.9. The number of benzene rings is 4. The lowest BCUT2D eigenvalue weighted by Crippen LogP contribution is -2.21. The number of hydrogen-bond donors (Lipinski definition) is 0. The summed E-state index contributed by atoms with van der Waals surface area (Å²) in [5.41, 5.74) is 0.0941. The Morgan fingerprint density at radius 1 is 0.925 bits per heavy atom. The lowest BCUT2D eigenvalue weighted by Gasteiger charge is -2.21. The summed E-state index contributed by atoms with van der Waals surface area (Å²) in [6, 6.07) is 12.7. The molecular weight excluding hydrogens is 544 g/mol. The average Bonchev–Trinajstić information content (AvgIpc) is 2.92. The highest BCUT2D eigenvalue weighted by molar-refractivity contribution is 7.87. The minimum Gasteiger partial charge on any atom is -0.453 e. The number of rotatable bonds is 8. The Hall–Kier alpha value is -5.11. The molecule has 1 aliphatic heterocycles. The van der Waals surface area contributed by atoms with Crippen molar-refractivity contribution in [2.75, 3.05) is 18.0 Å². The molecule has 0 aromatic heterocycles. The Labute approximate surface area is 226 Å². The molecule has 0 fully saturated rings. The van der Waals surface area contributed by atoms with E-state index in [9.17, 15) is 33.4 Å². The summed E-state index contributed by atoms with van der Waals surface area (Å²) < 4.78 is 37.2. The average molecular weight is 565 g/mol. The molecule has 0 saturated carbocycles. The van der Waals surface area contributed by atoms with Crippen LogP contribution in [0.3, 0.4) is 0 Å². The van der Waals surface area contributed by atoms with Gasteiger partial charge in [-0.15, -0.1) is 0 Å². The molecule has 5 rings (SSSR count). The van der Waals surface area contributed by atoms with Crippen LogP contribution in [-0.4, -0.2) is 36.3 Å². The monoisotopic (exact) mass is 564 g/mol. The van der Waals surface area contributed by atoms with Crippen molar-refractivity contribution < 1.29 is 26.9 Å². The summed E-state index contributed by atoms with van der Waals surface area (Å²) in [5.74, 6) is -0.0847. The first kappa shape index (κ1) is 26.5. The normalized spacial score (nSPS) is 11.7. The second kappa shape index (κ2) is 9.89. The number of nitro groups is 2. The van der Waals surface area contributed by atoms with E-state index in [0.29, 0.717) is 17.2 Å². The van der Waals surface area contributed by atoms with Crippen LogP contribution in [0.5, 0.6) is 5.75 Å². The van der Waals surface area contributed by atoms with Crippen molar-refractivity contribution in [3.05, 3.63) is 91.1 Å². The summed E-state index contributed by atoms with van der Waals surface area (Å²) >= 11 is 0. The van der Waals surface area contributed by atoms with E-state index in [4.69, 9.17) is 8.60 Å². The van der Waals surface area contributed by atoms with Gasteiger partial charge >= 0.3 is 10.1 Å². The van der Waals surface area contributed by atoms with E-state index in [1.165, 1.54) is 24.3 Å². The second-order valence-electron chi connectivity index (χ2n) is 8.67. The number of nitrogens with zero attached hydrogens (tertiary/aromatic N) is 4. The maximum atomic E-state index is 13.0. The van der Waals surface area contributed by atoms with E-state index >= 15 is 0 Å². The van der Waals surface area contributed by atoms with Crippen molar-refractivity contribution in [2.45, 2.75) is 18.7 Å². The summed E-state index contributed by atoms with van der Waals surface area (Å²) in [6.07, 6.45) is 0.